The fraction of sp³-hybridized carbons (Fsp3) is 0.333. The predicted octanol–water partition coefficient (Wildman–Crippen LogP) is 2.75. The van der Waals surface area contributed by atoms with Crippen molar-refractivity contribution in [1.29, 1.82) is 0 Å². The highest BCUT2D eigenvalue weighted by Gasteiger charge is 2.12. The molecule has 2 aromatic carbocycles. The Kier molecular flexibility index (Phi) is 6.62. The molecule has 0 aliphatic rings. The van der Waals surface area contributed by atoms with Gasteiger partial charge in [-0.2, -0.15) is 0 Å². The molecule has 3 N–H and O–H groups in total. The highest BCUT2D eigenvalue weighted by atomic mass is 16.5. The number of aromatic nitrogens is 2. The van der Waals surface area contributed by atoms with Gasteiger partial charge in [0, 0.05) is 26.3 Å². The maximum Gasteiger partial charge on any atom is 0.231 e. The minimum Gasteiger partial charge on any atom is -0.457 e. The van der Waals surface area contributed by atoms with Crippen molar-refractivity contribution in [2.24, 2.45) is 5.73 Å². The third kappa shape index (κ3) is 5.09. The topological polar surface area (TPSA) is 91.4 Å². The van der Waals surface area contributed by atoms with E-state index in [9.17, 15) is 4.79 Å². The Morgan fingerprint density at radius 2 is 1.93 bits per heavy atom. The number of primary amides is 1. The number of fused-ring (bicyclic) bond motifs is 1. The summed E-state index contributed by atoms with van der Waals surface area (Å²) in [5.74, 6) is 2.00. The van der Waals surface area contributed by atoms with Crippen LogP contribution in [-0.2, 0) is 22.6 Å². The number of hydrogen-bond donors (Lipinski definition) is 2. The van der Waals surface area contributed by atoms with E-state index in [1.54, 1.807) is 7.11 Å². The number of aryl methyl sites for hydroxylation is 2. The Bertz CT molecular complexity index is 935. The summed E-state index contributed by atoms with van der Waals surface area (Å²) in [4.78, 5) is 15.7. The number of benzene rings is 2. The van der Waals surface area contributed by atoms with E-state index in [1.165, 1.54) is 5.56 Å². The van der Waals surface area contributed by atoms with Gasteiger partial charge < -0.3 is 25.1 Å². The fourth-order valence-electron chi connectivity index (χ4n) is 3.01. The molecule has 1 heterocycles. The third-order valence-electron chi connectivity index (χ3n) is 4.37. The molecule has 3 rings (SSSR count). The molecule has 0 aliphatic carbocycles. The fourth-order valence-corrected chi connectivity index (χ4v) is 3.01. The Hall–Kier alpha value is -2.90. The smallest absolute Gasteiger partial charge is 0.231 e. The molecule has 7 nitrogen and oxygen atoms in total. The molecule has 1 amide bonds. The number of imidazole rings is 1. The normalized spacial score (nSPS) is 11.1. The van der Waals surface area contributed by atoms with Gasteiger partial charge in [0.15, 0.2) is 0 Å². The van der Waals surface area contributed by atoms with Crippen LogP contribution in [0.2, 0.25) is 0 Å². The molecule has 3 aromatic rings. The van der Waals surface area contributed by atoms with Gasteiger partial charge in [0.2, 0.25) is 5.91 Å². The molecule has 0 fully saturated rings. The molecular formula is C21H26N4O3. The number of nitrogens with one attached hydrogen (secondary N) is 1. The van der Waals surface area contributed by atoms with E-state index in [0.29, 0.717) is 13.2 Å². The van der Waals surface area contributed by atoms with Crippen LogP contribution in [0.5, 0.6) is 11.5 Å². The summed E-state index contributed by atoms with van der Waals surface area (Å²) in [5.41, 5.74) is 8.26. The molecule has 0 saturated heterocycles. The monoisotopic (exact) mass is 382 g/mol. The Morgan fingerprint density at radius 1 is 1.18 bits per heavy atom. The Morgan fingerprint density at radius 3 is 2.64 bits per heavy atom. The van der Waals surface area contributed by atoms with Crippen molar-refractivity contribution >= 4 is 16.9 Å². The lowest BCUT2D eigenvalue weighted by molar-refractivity contribution is -0.117. The van der Waals surface area contributed by atoms with Gasteiger partial charge in [-0.1, -0.05) is 17.7 Å². The lowest BCUT2D eigenvalue weighted by Gasteiger charge is -2.10. The Labute approximate surface area is 164 Å². The van der Waals surface area contributed by atoms with Crippen molar-refractivity contribution in [2.45, 2.75) is 26.4 Å². The second-order valence-corrected chi connectivity index (χ2v) is 6.66. The third-order valence-corrected chi connectivity index (χ3v) is 4.37. The van der Waals surface area contributed by atoms with Crippen LogP contribution >= 0.6 is 0 Å². The van der Waals surface area contributed by atoms with Crippen LogP contribution in [0.4, 0.5) is 0 Å². The van der Waals surface area contributed by atoms with Gasteiger partial charge in [0.25, 0.3) is 0 Å². The predicted molar refractivity (Wildman–Crippen MR) is 108 cm³/mol. The van der Waals surface area contributed by atoms with Crippen LogP contribution in [0, 0.1) is 6.92 Å². The van der Waals surface area contributed by atoms with Crippen molar-refractivity contribution in [1.82, 2.24) is 14.9 Å². The highest BCUT2D eigenvalue weighted by molar-refractivity contribution is 5.78. The summed E-state index contributed by atoms with van der Waals surface area (Å²) in [5, 5.41) is 3.03. The number of methoxy groups -OCH3 is 1. The molecule has 7 heteroatoms. The van der Waals surface area contributed by atoms with Gasteiger partial charge in [-0.15, -0.1) is 0 Å². The summed E-state index contributed by atoms with van der Waals surface area (Å²) < 4.78 is 13.3. The number of nitrogens with zero attached hydrogens (tertiary/aromatic N) is 2. The van der Waals surface area contributed by atoms with Crippen molar-refractivity contribution in [2.75, 3.05) is 20.3 Å². The van der Waals surface area contributed by atoms with E-state index in [-0.39, 0.29) is 6.54 Å². The summed E-state index contributed by atoms with van der Waals surface area (Å²) >= 11 is 0. The number of nitrogens with two attached hydrogens (primary N) is 1. The van der Waals surface area contributed by atoms with Gasteiger partial charge in [-0.3, -0.25) is 4.79 Å². The van der Waals surface area contributed by atoms with Crippen LogP contribution in [0.3, 0.4) is 0 Å². The van der Waals surface area contributed by atoms with Crippen LogP contribution in [0.1, 0.15) is 17.8 Å². The van der Waals surface area contributed by atoms with Crippen LogP contribution in [0.25, 0.3) is 11.0 Å². The molecular weight excluding hydrogens is 356 g/mol. The van der Waals surface area contributed by atoms with Crippen LogP contribution in [0.15, 0.2) is 42.5 Å². The summed E-state index contributed by atoms with van der Waals surface area (Å²) in [6.45, 7) is 4.03. The molecule has 0 atom stereocenters. The standard InChI is InChI=1S/C21H26N4O3/c1-15-4-6-16(7-5-15)28-17-8-9-18-19(12-17)25(10-3-11-27-2)21(24-18)14-23-13-20(22)26/h4-9,12,23H,3,10-11,13-14H2,1-2H3,(H2,22,26). The number of carbonyl (C=O) groups is 1. The van der Waals surface area contributed by atoms with E-state index >= 15 is 0 Å². The number of hydrogen-bond acceptors (Lipinski definition) is 5. The average Bonchev–Trinajstić information content (AvgIpc) is 3.01. The molecule has 0 saturated carbocycles. The van der Waals surface area contributed by atoms with Gasteiger partial charge >= 0.3 is 0 Å². The summed E-state index contributed by atoms with van der Waals surface area (Å²) in [7, 11) is 1.69. The molecule has 0 spiro atoms. The lowest BCUT2D eigenvalue weighted by atomic mass is 10.2. The molecule has 0 radical (unpaired) electrons. The first-order valence-electron chi connectivity index (χ1n) is 9.28. The minimum atomic E-state index is -0.393. The summed E-state index contributed by atoms with van der Waals surface area (Å²) in [6, 6.07) is 13.8. The first-order valence-corrected chi connectivity index (χ1v) is 9.28. The van der Waals surface area contributed by atoms with E-state index in [1.807, 2.05) is 49.4 Å². The van der Waals surface area contributed by atoms with Crippen molar-refractivity contribution < 1.29 is 14.3 Å². The molecule has 1 aromatic heterocycles. The maximum atomic E-state index is 11.0. The quantitative estimate of drug-likeness (QED) is 0.526. The zero-order valence-electron chi connectivity index (χ0n) is 16.3. The number of carbonyl (C=O) groups excluding carboxylic acids is 1. The second-order valence-electron chi connectivity index (χ2n) is 6.66. The van der Waals surface area contributed by atoms with E-state index < -0.39 is 5.91 Å². The van der Waals surface area contributed by atoms with E-state index in [2.05, 4.69) is 9.88 Å². The molecule has 0 bridgehead atoms. The average molecular weight is 382 g/mol. The molecule has 148 valence electrons. The lowest BCUT2D eigenvalue weighted by Crippen LogP contribution is -2.29. The van der Waals surface area contributed by atoms with Crippen molar-refractivity contribution in [3.8, 4) is 11.5 Å². The summed E-state index contributed by atoms with van der Waals surface area (Å²) in [6.07, 6.45) is 0.855. The van der Waals surface area contributed by atoms with Gasteiger partial charge in [-0.25, -0.2) is 4.98 Å². The first-order chi connectivity index (χ1) is 13.6. The van der Waals surface area contributed by atoms with Gasteiger partial charge in [0.1, 0.15) is 17.3 Å². The minimum absolute atomic E-state index is 0.114. The zero-order valence-corrected chi connectivity index (χ0v) is 16.3. The van der Waals surface area contributed by atoms with Crippen LogP contribution < -0.4 is 15.8 Å². The number of ether oxygens (including phenoxy) is 2. The number of rotatable bonds is 10. The van der Waals surface area contributed by atoms with E-state index in [0.717, 1.165) is 41.3 Å². The molecule has 28 heavy (non-hydrogen) atoms. The zero-order chi connectivity index (χ0) is 19.9. The first kappa shape index (κ1) is 19.9. The largest absolute Gasteiger partial charge is 0.457 e. The van der Waals surface area contributed by atoms with Crippen molar-refractivity contribution in [3.05, 3.63) is 53.9 Å². The molecule has 0 unspecified atom stereocenters. The SMILES string of the molecule is COCCCn1c(CNCC(N)=O)nc2ccc(Oc3ccc(C)cc3)cc21. The second kappa shape index (κ2) is 9.34. The van der Waals surface area contributed by atoms with Gasteiger partial charge in [-0.05, 0) is 37.6 Å². The Balaban J connectivity index is 1.86. The number of amides is 1. The van der Waals surface area contributed by atoms with E-state index in [4.69, 9.17) is 20.2 Å². The molecule has 0 aliphatic heterocycles. The van der Waals surface area contributed by atoms with Crippen LogP contribution in [-0.4, -0.2) is 35.7 Å². The highest BCUT2D eigenvalue weighted by Crippen LogP contribution is 2.27. The maximum absolute atomic E-state index is 11.0. The van der Waals surface area contributed by atoms with Gasteiger partial charge in [0.05, 0.1) is 24.1 Å². The van der Waals surface area contributed by atoms with Crippen molar-refractivity contribution in [3.63, 3.8) is 0 Å².